The highest BCUT2D eigenvalue weighted by Gasteiger charge is 2.09. The largest absolute Gasteiger partial charge is 0.480 e. The van der Waals surface area contributed by atoms with Crippen LogP contribution in [0.3, 0.4) is 0 Å². The number of carboxylic acids is 1. The number of hydrogen-bond acceptors (Lipinski definition) is 4. The Morgan fingerprint density at radius 3 is 3.00 bits per heavy atom. The third-order valence-electron chi connectivity index (χ3n) is 2.01. The van der Waals surface area contributed by atoms with Crippen molar-refractivity contribution in [2.45, 2.75) is 18.9 Å². The zero-order valence-corrected chi connectivity index (χ0v) is 10.0. The second-order valence-electron chi connectivity index (χ2n) is 3.23. The molecule has 0 aliphatic carbocycles. The van der Waals surface area contributed by atoms with Crippen molar-refractivity contribution < 1.29 is 9.90 Å². The fourth-order valence-corrected chi connectivity index (χ4v) is 2.77. The minimum Gasteiger partial charge on any atom is -0.480 e. The summed E-state index contributed by atoms with van der Waals surface area (Å²) in [6.45, 7) is 0. The number of rotatable bonds is 7. The first-order valence-corrected chi connectivity index (χ1v) is 6.87. The molecule has 15 heavy (non-hydrogen) atoms. The normalized spacial score (nSPS) is 12.6. The molecule has 1 atom stereocenters. The van der Waals surface area contributed by atoms with E-state index in [1.54, 1.807) is 23.1 Å². The van der Waals surface area contributed by atoms with Gasteiger partial charge in [-0.25, -0.2) is 0 Å². The zero-order chi connectivity index (χ0) is 11.1. The molecule has 0 fully saturated rings. The summed E-state index contributed by atoms with van der Waals surface area (Å²) in [5.41, 5.74) is 6.74. The number of carboxylic acid groups (broad SMARTS) is 1. The maximum Gasteiger partial charge on any atom is 0.320 e. The van der Waals surface area contributed by atoms with Gasteiger partial charge in [-0.2, -0.15) is 23.1 Å². The number of hydrogen-bond donors (Lipinski definition) is 2. The van der Waals surface area contributed by atoms with E-state index in [9.17, 15) is 4.79 Å². The monoisotopic (exact) mass is 245 g/mol. The predicted molar refractivity (Wildman–Crippen MR) is 65.6 cm³/mol. The Bertz CT molecular complexity index is 288. The lowest BCUT2D eigenvalue weighted by atomic mass is 10.2. The van der Waals surface area contributed by atoms with Crippen LogP contribution in [-0.2, 0) is 11.2 Å². The van der Waals surface area contributed by atoms with E-state index in [1.165, 1.54) is 5.56 Å². The van der Waals surface area contributed by atoms with Gasteiger partial charge in [0.2, 0.25) is 0 Å². The smallest absolute Gasteiger partial charge is 0.320 e. The molecule has 0 amide bonds. The molecule has 84 valence electrons. The van der Waals surface area contributed by atoms with Crippen molar-refractivity contribution in [2.75, 3.05) is 11.5 Å². The molecule has 3 N–H and O–H groups in total. The lowest BCUT2D eigenvalue weighted by molar-refractivity contribution is -0.138. The average Bonchev–Trinajstić information content (AvgIpc) is 2.69. The number of nitrogens with two attached hydrogens (primary N) is 1. The maximum absolute atomic E-state index is 10.4. The molecule has 1 rings (SSSR count). The highest BCUT2D eigenvalue weighted by molar-refractivity contribution is 7.99. The zero-order valence-electron chi connectivity index (χ0n) is 8.39. The summed E-state index contributed by atoms with van der Waals surface area (Å²) in [4.78, 5) is 10.4. The topological polar surface area (TPSA) is 63.3 Å². The Balaban J connectivity index is 2.00. The summed E-state index contributed by atoms with van der Waals surface area (Å²) >= 11 is 3.46. The van der Waals surface area contributed by atoms with Gasteiger partial charge in [0.1, 0.15) is 6.04 Å². The molecule has 1 heterocycles. The third kappa shape index (κ3) is 5.20. The molecule has 0 saturated heterocycles. The number of thiophene rings is 1. The molecule has 0 bridgehead atoms. The Labute approximate surface area is 97.7 Å². The van der Waals surface area contributed by atoms with Gasteiger partial charge in [0.25, 0.3) is 0 Å². The van der Waals surface area contributed by atoms with Gasteiger partial charge in [-0.3, -0.25) is 4.79 Å². The van der Waals surface area contributed by atoms with Crippen LogP contribution in [0.2, 0.25) is 0 Å². The van der Waals surface area contributed by atoms with Crippen molar-refractivity contribution >= 4 is 29.1 Å². The molecule has 1 aromatic rings. The summed E-state index contributed by atoms with van der Waals surface area (Å²) in [5, 5.41) is 12.8. The molecule has 0 aliphatic heterocycles. The van der Waals surface area contributed by atoms with E-state index in [1.807, 2.05) is 0 Å². The Morgan fingerprint density at radius 2 is 2.40 bits per heavy atom. The van der Waals surface area contributed by atoms with E-state index in [0.717, 1.165) is 17.9 Å². The molecular weight excluding hydrogens is 230 g/mol. The second kappa shape index (κ2) is 6.87. The second-order valence-corrected chi connectivity index (χ2v) is 5.23. The number of aryl methyl sites for hydroxylation is 1. The highest BCUT2D eigenvalue weighted by atomic mass is 32.2. The summed E-state index contributed by atoms with van der Waals surface area (Å²) < 4.78 is 0. The van der Waals surface area contributed by atoms with E-state index < -0.39 is 12.0 Å². The molecule has 0 spiro atoms. The molecule has 3 nitrogen and oxygen atoms in total. The summed E-state index contributed by atoms with van der Waals surface area (Å²) in [7, 11) is 0. The van der Waals surface area contributed by atoms with Gasteiger partial charge in [0.15, 0.2) is 0 Å². The number of carbonyl (C=O) groups is 1. The Hall–Kier alpha value is -0.520. The third-order valence-corrected chi connectivity index (χ3v) is 3.75. The Kier molecular flexibility index (Phi) is 5.75. The van der Waals surface area contributed by atoms with Gasteiger partial charge < -0.3 is 10.8 Å². The molecule has 0 saturated carbocycles. The summed E-state index contributed by atoms with van der Waals surface area (Å²) in [6.07, 6.45) is 1.60. The predicted octanol–water partition coefficient (Wildman–Crippen LogP) is 1.83. The average molecular weight is 245 g/mol. The van der Waals surface area contributed by atoms with E-state index in [0.29, 0.717) is 6.42 Å². The molecule has 0 aliphatic rings. The highest BCUT2D eigenvalue weighted by Crippen LogP contribution is 2.11. The van der Waals surface area contributed by atoms with E-state index in [2.05, 4.69) is 16.8 Å². The maximum atomic E-state index is 10.4. The molecule has 1 unspecified atom stereocenters. The van der Waals surface area contributed by atoms with Crippen molar-refractivity contribution in [1.29, 1.82) is 0 Å². The lowest BCUT2D eigenvalue weighted by Crippen LogP contribution is -2.30. The quantitative estimate of drug-likeness (QED) is 0.719. The van der Waals surface area contributed by atoms with Gasteiger partial charge in [0, 0.05) is 0 Å². The van der Waals surface area contributed by atoms with Crippen LogP contribution in [0.4, 0.5) is 0 Å². The van der Waals surface area contributed by atoms with E-state index in [4.69, 9.17) is 10.8 Å². The van der Waals surface area contributed by atoms with Crippen LogP contribution >= 0.6 is 23.1 Å². The molecule has 1 aromatic heterocycles. The van der Waals surface area contributed by atoms with E-state index >= 15 is 0 Å². The molecule has 5 heteroatoms. The van der Waals surface area contributed by atoms with Gasteiger partial charge in [-0.05, 0) is 46.7 Å². The Morgan fingerprint density at radius 1 is 1.60 bits per heavy atom. The van der Waals surface area contributed by atoms with Crippen LogP contribution in [0.1, 0.15) is 12.0 Å². The molecule has 0 radical (unpaired) electrons. The fraction of sp³-hybridized carbons (Fsp3) is 0.500. The van der Waals surface area contributed by atoms with Crippen molar-refractivity contribution in [3.63, 3.8) is 0 Å². The minimum atomic E-state index is -0.909. The molecule has 0 aromatic carbocycles. The SMILES string of the molecule is NC(CCSCCc1ccsc1)C(=O)O. The van der Waals surface area contributed by atoms with Gasteiger partial charge in [0.05, 0.1) is 0 Å². The first kappa shape index (κ1) is 12.5. The van der Waals surface area contributed by atoms with Gasteiger partial charge in [-0.1, -0.05) is 0 Å². The first-order valence-electron chi connectivity index (χ1n) is 4.77. The summed E-state index contributed by atoms with van der Waals surface area (Å²) in [6, 6.07) is 1.41. The first-order chi connectivity index (χ1) is 7.20. The van der Waals surface area contributed by atoms with E-state index in [-0.39, 0.29) is 0 Å². The van der Waals surface area contributed by atoms with Crippen LogP contribution in [0.15, 0.2) is 16.8 Å². The number of aliphatic carboxylic acids is 1. The minimum absolute atomic E-state index is 0.545. The van der Waals surface area contributed by atoms with Crippen molar-refractivity contribution in [1.82, 2.24) is 0 Å². The fourth-order valence-electron chi connectivity index (χ4n) is 1.06. The van der Waals surface area contributed by atoms with Gasteiger partial charge >= 0.3 is 5.97 Å². The van der Waals surface area contributed by atoms with Crippen LogP contribution in [0.25, 0.3) is 0 Å². The van der Waals surface area contributed by atoms with Crippen LogP contribution in [-0.4, -0.2) is 28.6 Å². The van der Waals surface area contributed by atoms with Crippen molar-refractivity contribution in [2.24, 2.45) is 5.73 Å². The van der Waals surface area contributed by atoms with Gasteiger partial charge in [-0.15, -0.1) is 0 Å². The molecular formula is C10H15NO2S2. The summed E-state index contributed by atoms with van der Waals surface area (Å²) in [5.74, 6) is 0.939. The van der Waals surface area contributed by atoms with Crippen molar-refractivity contribution in [3.05, 3.63) is 22.4 Å². The standard InChI is InChI=1S/C10H15NO2S2/c11-9(10(12)13)3-6-14-4-1-8-2-5-15-7-8/h2,5,7,9H,1,3-4,6,11H2,(H,12,13). The number of thioether (sulfide) groups is 1. The van der Waals surface area contributed by atoms with Crippen molar-refractivity contribution in [3.8, 4) is 0 Å². The van der Waals surface area contributed by atoms with Crippen LogP contribution in [0.5, 0.6) is 0 Å². The van der Waals surface area contributed by atoms with Crippen LogP contribution in [0, 0.1) is 0 Å². The lowest BCUT2D eigenvalue weighted by Gasteiger charge is -2.05. The van der Waals surface area contributed by atoms with Crippen LogP contribution < -0.4 is 5.73 Å².